The first-order valence-electron chi connectivity index (χ1n) is 10.1. The third kappa shape index (κ3) is 4.53. The van der Waals surface area contributed by atoms with Crippen LogP contribution in [0.15, 0.2) is 46.0 Å². The summed E-state index contributed by atoms with van der Waals surface area (Å²) >= 11 is 15.6. The van der Waals surface area contributed by atoms with Crippen LogP contribution < -0.4 is 10.2 Å². The van der Waals surface area contributed by atoms with Crippen molar-refractivity contribution in [3.63, 3.8) is 0 Å². The lowest BCUT2D eigenvalue weighted by Gasteiger charge is -2.15. The molecule has 0 aromatic heterocycles. The first-order valence-corrected chi connectivity index (χ1v) is 11.6. The van der Waals surface area contributed by atoms with Gasteiger partial charge in [0.1, 0.15) is 12.4 Å². The molecule has 2 aliphatic rings. The van der Waals surface area contributed by atoms with Gasteiger partial charge in [0.25, 0.3) is 0 Å². The fourth-order valence-corrected chi connectivity index (χ4v) is 5.57. The fraction of sp³-hybridized carbons (Fsp3) is 0.391. The third-order valence-electron chi connectivity index (χ3n) is 6.36. The number of fused-ring (bicyclic) bond motifs is 1. The second-order valence-corrected chi connectivity index (χ2v) is 9.98. The van der Waals surface area contributed by atoms with Crippen LogP contribution in [0, 0.1) is 17.3 Å². The predicted molar refractivity (Wildman–Crippen MR) is 124 cm³/mol. The summed E-state index contributed by atoms with van der Waals surface area (Å²) < 4.78 is 6.65. The third-order valence-corrected chi connectivity index (χ3v) is 7.56. The summed E-state index contributed by atoms with van der Waals surface area (Å²) in [4.78, 5) is 12.5. The van der Waals surface area contributed by atoms with E-state index in [0.29, 0.717) is 28.3 Å². The molecule has 7 heteroatoms. The van der Waals surface area contributed by atoms with Crippen LogP contribution in [-0.2, 0) is 11.4 Å². The second kappa shape index (κ2) is 8.89. The SMILES string of the molecule is C[C@]12CCCC[C@@H]1[C@@H]2C(=O)N/N=C\c1ccc(OCc2ccc(Cl)cc2Cl)c(Br)c1. The van der Waals surface area contributed by atoms with Crippen molar-refractivity contribution < 1.29 is 9.53 Å². The molecule has 2 fully saturated rings. The molecule has 30 heavy (non-hydrogen) atoms. The minimum absolute atomic E-state index is 0.0412. The molecule has 0 bridgehead atoms. The maximum absolute atomic E-state index is 12.5. The van der Waals surface area contributed by atoms with Gasteiger partial charge >= 0.3 is 0 Å². The zero-order chi connectivity index (χ0) is 21.3. The molecule has 0 spiro atoms. The molecule has 0 unspecified atom stereocenters. The minimum atomic E-state index is 0.0412. The molecule has 2 aromatic rings. The number of rotatable bonds is 6. The molecule has 0 saturated heterocycles. The van der Waals surface area contributed by atoms with Gasteiger partial charge in [0.05, 0.1) is 10.7 Å². The van der Waals surface area contributed by atoms with Crippen LogP contribution in [-0.4, -0.2) is 12.1 Å². The van der Waals surface area contributed by atoms with E-state index in [4.69, 9.17) is 27.9 Å². The number of nitrogens with zero attached hydrogens (tertiary/aromatic N) is 1. The average Bonchev–Trinajstić information content (AvgIpc) is 3.34. The van der Waals surface area contributed by atoms with Crippen LogP contribution >= 0.6 is 39.1 Å². The molecular formula is C23H23BrCl2N2O2. The van der Waals surface area contributed by atoms with Gasteiger partial charge in [0.15, 0.2) is 0 Å². The van der Waals surface area contributed by atoms with Crippen molar-refractivity contribution in [3.8, 4) is 5.75 Å². The average molecular weight is 510 g/mol. The Balaban J connectivity index is 1.32. The van der Waals surface area contributed by atoms with Gasteiger partial charge < -0.3 is 4.74 Å². The van der Waals surface area contributed by atoms with E-state index in [1.54, 1.807) is 18.3 Å². The molecule has 1 amide bonds. The van der Waals surface area contributed by atoms with Gasteiger partial charge in [-0.3, -0.25) is 4.79 Å². The van der Waals surface area contributed by atoms with Gasteiger partial charge in [-0.25, -0.2) is 5.43 Å². The summed E-state index contributed by atoms with van der Waals surface area (Å²) in [5.41, 5.74) is 4.63. The predicted octanol–water partition coefficient (Wildman–Crippen LogP) is 6.61. The number of hydrazone groups is 1. The van der Waals surface area contributed by atoms with E-state index in [2.05, 4.69) is 33.4 Å². The smallest absolute Gasteiger partial charge is 0.244 e. The Morgan fingerprint density at radius 3 is 2.83 bits per heavy atom. The molecule has 0 heterocycles. The van der Waals surface area contributed by atoms with E-state index in [0.717, 1.165) is 28.4 Å². The molecule has 2 saturated carbocycles. The molecule has 2 aliphatic carbocycles. The highest BCUT2D eigenvalue weighted by molar-refractivity contribution is 9.10. The van der Waals surface area contributed by atoms with E-state index >= 15 is 0 Å². The van der Waals surface area contributed by atoms with Crippen LogP contribution in [0.1, 0.15) is 43.7 Å². The molecule has 2 aromatic carbocycles. The standard InChI is InChI=1S/C23H23BrCl2N2O2/c1-23-9-3-2-4-17(23)21(23)22(29)28-27-12-14-5-8-20(18(24)10-14)30-13-15-6-7-16(25)11-19(15)26/h5-8,10-12,17,21H,2-4,9,13H2,1H3,(H,28,29)/b27-12-/t17-,21-,23+/m1/s1. The van der Waals surface area contributed by atoms with Gasteiger partial charge in [-0.05, 0) is 76.0 Å². The van der Waals surface area contributed by atoms with Crippen molar-refractivity contribution in [1.29, 1.82) is 0 Å². The Labute approximate surface area is 195 Å². The summed E-state index contributed by atoms with van der Waals surface area (Å²) in [7, 11) is 0. The van der Waals surface area contributed by atoms with E-state index < -0.39 is 0 Å². The lowest BCUT2D eigenvalue weighted by Crippen LogP contribution is -2.22. The zero-order valence-electron chi connectivity index (χ0n) is 16.6. The number of amides is 1. The Bertz CT molecular complexity index is 997. The summed E-state index contributed by atoms with van der Waals surface area (Å²) in [5, 5.41) is 5.32. The minimum Gasteiger partial charge on any atom is -0.488 e. The Hall–Kier alpha value is -1.56. The summed E-state index contributed by atoms with van der Waals surface area (Å²) in [6, 6.07) is 11.0. The van der Waals surface area contributed by atoms with Crippen molar-refractivity contribution in [2.24, 2.45) is 22.4 Å². The normalized spacial score (nSPS) is 25.1. The summed E-state index contributed by atoms with van der Waals surface area (Å²) in [6.45, 7) is 2.57. The van der Waals surface area contributed by atoms with Gasteiger partial charge in [-0.15, -0.1) is 0 Å². The van der Waals surface area contributed by atoms with E-state index in [-0.39, 0.29) is 17.2 Å². The number of halogens is 3. The van der Waals surface area contributed by atoms with Crippen LogP contribution in [0.5, 0.6) is 5.75 Å². The van der Waals surface area contributed by atoms with E-state index in [1.165, 1.54) is 12.8 Å². The molecule has 1 N–H and O–H groups in total. The van der Waals surface area contributed by atoms with Crippen molar-refractivity contribution in [3.05, 3.63) is 62.0 Å². The number of hydrogen-bond acceptors (Lipinski definition) is 3. The molecule has 3 atom stereocenters. The number of ether oxygens (including phenoxy) is 1. The number of carbonyl (C=O) groups excluding carboxylic acids is 1. The van der Waals surface area contributed by atoms with Gasteiger partial charge in [-0.1, -0.05) is 49.0 Å². The molecule has 4 nitrogen and oxygen atoms in total. The quantitative estimate of drug-likeness (QED) is 0.351. The Morgan fingerprint density at radius 1 is 1.30 bits per heavy atom. The highest BCUT2D eigenvalue weighted by Gasteiger charge is 2.64. The first kappa shape index (κ1) is 21.7. The van der Waals surface area contributed by atoms with Crippen molar-refractivity contribution in [2.45, 2.75) is 39.2 Å². The van der Waals surface area contributed by atoms with Crippen LogP contribution in [0.25, 0.3) is 0 Å². The molecule has 0 aliphatic heterocycles. The van der Waals surface area contributed by atoms with Gasteiger partial charge in [0.2, 0.25) is 5.91 Å². The molecule has 158 valence electrons. The van der Waals surface area contributed by atoms with Crippen molar-refractivity contribution >= 4 is 51.3 Å². The first-order chi connectivity index (χ1) is 14.4. The number of nitrogens with one attached hydrogen (secondary N) is 1. The van der Waals surface area contributed by atoms with Gasteiger partial charge in [-0.2, -0.15) is 5.10 Å². The van der Waals surface area contributed by atoms with Crippen molar-refractivity contribution in [1.82, 2.24) is 5.43 Å². The van der Waals surface area contributed by atoms with E-state index in [9.17, 15) is 4.79 Å². The second-order valence-electron chi connectivity index (χ2n) is 8.28. The maximum atomic E-state index is 12.5. The monoisotopic (exact) mass is 508 g/mol. The highest BCUT2D eigenvalue weighted by Crippen LogP contribution is 2.66. The zero-order valence-corrected chi connectivity index (χ0v) is 19.7. The lowest BCUT2D eigenvalue weighted by atomic mass is 9.90. The van der Waals surface area contributed by atoms with Crippen LogP contribution in [0.4, 0.5) is 0 Å². The largest absolute Gasteiger partial charge is 0.488 e. The Kier molecular flexibility index (Phi) is 6.42. The molecule has 0 radical (unpaired) electrons. The van der Waals surface area contributed by atoms with E-state index in [1.807, 2.05) is 24.3 Å². The van der Waals surface area contributed by atoms with Gasteiger partial charge in [0, 0.05) is 21.5 Å². The molecule has 4 rings (SSSR count). The Morgan fingerprint density at radius 2 is 2.13 bits per heavy atom. The fourth-order valence-electron chi connectivity index (χ4n) is 4.60. The van der Waals surface area contributed by atoms with Crippen LogP contribution in [0.2, 0.25) is 10.0 Å². The number of hydrogen-bond donors (Lipinski definition) is 1. The molecular weight excluding hydrogens is 487 g/mol. The maximum Gasteiger partial charge on any atom is 0.244 e. The topological polar surface area (TPSA) is 50.7 Å². The van der Waals surface area contributed by atoms with Crippen LogP contribution in [0.3, 0.4) is 0 Å². The lowest BCUT2D eigenvalue weighted by molar-refractivity contribution is -0.123. The number of benzene rings is 2. The number of carbonyl (C=O) groups is 1. The highest BCUT2D eigenvalue weighted by atomic mass is 79.9. The van der Waals surface area contributed by atoms with Crippen molar-refractivity contribution in [2.75, 3.05) is 0 Å². The summed E-state index contributed by atoms with van der Waals surface area (Å²) in [5.74, 6) is 1.37. The summed E-state index contributed by atoms with van der Waals surface area (Å²) in [6.07, 6.45) is 6.42.